The molecule has 0 aromatic heterocycles. The Morgan fingerprint density at radius 3 is 2.74 bits per heavy atom. The Morgan fingerprint density at radius 2 is 2.11 bits per heavy atom. The number of carbonyl (C=O) groups excluding carboxylic acids is 2. The lowest BCUT2D eigenvalue weighted by Crippen LogP contribution is -2.34. The van der Waals surface area contributed by atoms with Crippen molar-refractivity contribution < 1.29 is 14.7 Å². The molecule has 0 radical (unpaired) electrons. The minimum Gasteiger partial charge on any atom is -0.545 e. The molecule has 1 aromatic carbocycles. The first-order valence-corrected chi connectivity index (χ1v) is 6.36. The van der Waals surface area contributed by atoms with Crippen LogP contribution in [-0.4, -0.2) is 17.0 Å². The number of hydrogen-bond acceptors (Lipinski definition) is 4. The molecular weight excluding hydrogens is 264 g/mol. The summed E-state index contributed by atoms with van der Waals surface area (Å²) in [6.45, 7) is 2.00. The maximum Gasteiger partial charge on any atom is 0.226 e. The van der Waals surface area contributed by atoms with Crippen molar-refractivity contribution in [2.24, 2.45) is 0 Å². The predicted molar refractivity (Wildman–Crippen MR) is 74.7 cm³/mol. The smallest absolute Gasteiger partial charge is 0.226 e. The van der Waals surface area contributed by atoms with Gasteiger partial charge in [-0.1, -0.05) is 25.5 Å². The zero-order valence-electron chi connectivity index (χ0n) is 10.6. The van der Waals surface area contributed by atoms with Crippen LogP contribution in [0.1, 0.15) is 36.5 Å². The SMILES string of the molecule is CCCCC(=O)NC(=S)Nc1cccc(C(=O)[O-])c1. The molecule has 0 bridgehead atoms. The van der Waals surface area contributed by atoms with Crippen LogP contribution in [0.15, 0.2) is 24.3 Å². The van der Waals surface area contributed by atoms with Gasteiger partial charge in [0.05, 0.1) is 5.97 Å². The van der Waals surface area contributed by atoms with E-state index in [1.54, 1.807) is 12.1 Å². The summed E-state index contributed by atoms with van der Waals surface area (Å²) in [4.78, 5) is 22.1. The third kappa shape index (κ3) is 5.48. The Hall–Kier alpha value is -1.95. The highest BCUT2D eigenvalue weighted by molar-refractivity contribution is 7.80. The van der Waals surface area contributed by atoms with Gasteiger partial charge in [0.2, 0.25) is 5.91 Å². The molecule has 102 valence electrons. The molecule has 0 heterocycles. The van der Waals surface area contributed by atoms with Gasteiger partial charge in [0.15, 0.2) is 5.11 Å². The van der Waals surface area contributed by atoms with Crippen LogP contribution in [0.25, 0.3) is 0 Å². The van der Waals surface area contributed by atoms with Crippen LogP contribution in [0.2, 0.25) is 0 Å². The molecule has 6 heteroatoms. The van der Waals surface area contributed by atoms with Crippen LogP contribution in [0.4, 0.5) is 5.69 Å². The van der Waals surface area contributed by atoms with E-state index in [2.05, 4.69) is 10.6 Å². The Labute approximate surface area is 117 Å². The van der Waals surface area contributed by atoms with Gasteiger partial charge in [-0.3, -0.25) is 4.79 Å². The molecule has 5 nitrogen and oxygen atoms in total. The average molecular weight is 279 g/mol. The van der Waals surface area contributed by atoms with Crippen molar-refractivity contribution in [2.45, 2.75) is 26.2 Å². The fourth-order valence-corrected chi connectivity index (χ4v) is 1.64. The van der Waals surface area contributed by atoms with Crippen LogP contribution >= 0.6 is 12.2 Å². The minimum atomic E-state index is -1.26. The molecule has 0 spiro atoms. The highest BCUT2D eigenvalue weighted by Gasteiger charge is 2.04. The van der Waals surface area contributed by atoms with Gasteiger partial charge < -0.3 is 20.5 Å². The topological polar surface area (TPSA) is 81.3 Å². The number of benzene rings is 1. The van der Waals surface area contributed by atoms with Crippen molar-refractivity contribution in [3.05, 3.63) is 29.8 Å². The molecule has 1 rings (SSSR count). The van der Waals surface area contributed by atoms with Gasteiger partial charge in [-0.25, -0.2) is 0 Å². The quantitative estimate of drug-likeness (QED) is 0.787. The van der Waals surface area contributed by atoms with Gasteiger partial charge in [0.25, 0.3) is 0 Å². The molecule has 19 heavy (non-hydrogen) atoms. The fraction of sp³-hybridized carbons (Fsp3) is 0.308. The number of nitrogens with one attached hydrogen (secondary N) is 2. The first kappa shape index (κ1) is 15.1. The lowest BCUT2D eigenvalue weighted by molar-refractivity contribution is -0.255. The highest BCUT2D eigenvalue weighted by atomic mass is 32.1. The molecular formula is C13H15N2O3S-. The summed E-state index contributed by atoms with van der Waals surface area (Å²) < 4.78 is 0. The van der Waals surface area contributed by atoms with Crippen molar-refractivity contribution in [1.82, 2.24) is 5.32 Å². The Kier molecular flexibility index (Phi) is 5.95. The number of thiocarbonyl (C=S) groups is 1. The van der Waals surface area contributed by atoms with Crippen LogP contribution in [0.3, 0.4) is 0 Å². The monoisotopic (exact) mass is 279 g/mol. The normalized spacial score (nSPS) is 9.74. The lowest BCUT2D eigenvalue weighted by Gasteiger charge is -2.11. The summed E-state index contributed by atoms with van der Waals surface area (Å²) in [5, 5.41) is 16.1. The Morgan fingerprint density at radius 1 is 1.37 bits per heavy atom. The van der Waals surface area contributed by atoms with E-state index in [-0.39, 0.29) is 16.6 Å². The molecule has 1 amide bonds. The predicted octanol–water partition coefficient (Wildman–Crippen LogP) is 1.05. The van der Waals surface area contributed by atoms with Gasteiger partial charge in [-0.05, 0) is 36.3 Å². The maximum atomic E-state index is 11.4. The molecule has 1 aromatic rings. The average Bonchev–Trinajstić information content (AvgIpc) is 2.36. The van der Waals surface area contributed by atoms with Crippen molar-refractivity contribution in [2.75, 3.05) is 5.32 Å². The van der Waals surface area contributed by atoms with E-state index in [0.717, 1.165) is 12.8 Å². The van der Waals surface area contributed by atoms with E-state index in [4.69, 9.17) is 12.2 Å². The molecule has 0 saturated heterocycles. The molecule has 2 N–H and O–H groups in total. The zero-order chi connectivity index (χ0) is 14.3. The van der Waals surface area contributed by atoms with E-state index in [9.17, 15) is 14.7 Å². The number of amides is 1. The van der Waals surface area contributed by atoms with Crippen molar-refractivity contribution in [3.8, 4) is 0 Å². The molecule has 0 unspecified atom stereocenters. The van der Waals surface area contributed by atoms with E-state index in [0.29, 0.717) is 12.1 Å². The van der Waals surface area contributed by atoms with E-state index in [1.807, 2.05) is 6.92 Å². The van der Waals surface area contributed by atoms with Gasteiger partial charge >= 0.3 is 0 Å². The number of aromatic carboxylic acids is 1. The number of rotatable bonds is 5. The van der Waals surface area contributed by atoms with Crippen LogP contribution in [0, 0.1) is 0 Å². The minimum absolute atomic E-state index is 0.0464. The molecule has 0 saturated carbocycles. The van der Waals surface area contributed by atoms with E-state index < -0.39 is 5.97 Å². The Bertz CT molecular complexity index is 489. The molecule has 0 fully saturated rings. The second kappa shape index (κ2) is 7.48. The number of anilines is 1. The van der Waals surface area contributed by atoms with Crippen LogP contribution in [-0.2, 0) is 4.79 Å². The van der Waals surface area contributed by atoms with Crippen molar-refractivity contribution in [3.63, 3.8) is 0 Å². The molecule has 0 aliphatic heterocycles. The first-order valence-electron chi connectivity index (χ1n) is 5.95. The van der Waals surface area contributed by atoms with E-state index in [1.165, 1.54) is 12.1 Å². The third-order valence-electron chi connectivity index (χ3n) is 2.37. The van der Waals surface area contributed by atoms with Gasteiger partial charge in [0.1, 0.15) is 0 Å². The third-order valence-corrected chi connectivity index (χ3v) is 2.57. The summed E-state index contributed by atoms with van der Waals surface area (Å²) in [6.07, 6.45) is 2.15. The van der Waals surface area contributed by atoms with Crippen LogP contribution < -0.4 is 15.7 Å². The summed E-state index contributed by atoms with van der Waals surface area (Å²) >= 11 is 4.97. The summed E-state index contributed by atoms with van der Waals surface area (Å²) in [5.74, 6) is -1.42. The summed E-state index contributed by atoms with van der Waals surface area (Å²) in [6, 6.07) is 6.02. The molecule has 0 atom stereocenters. The number of hydrogen-bond donors (Lipinski definition) is 2. The van der Waals surface area contributed by atoms with Crippen molar-refractivity contribution in [1.29, 1.82) is 0 Å². The summed E-state index contributed by atoms with van der Waals surface area (Å²) in [5.41, 5.74) is 0.535. The van der Waals surface area contributed by atoms with Gasteiger partial charge in [-0.2, -0.15) is 0 Å². The van der Waals surface area contributed by atoms with Crippen LogP contribution in [0.5, 0.6) is 0 Å². The zero-order valence-corrected chi connectivity index (χ0v) is 11.4. The van der Waals surface area contributed by atoms with Gasteiger partial charge in [-0.15, -0.1) is 0 Å². The summed E-state index contributed by atoms with van der Waals surface area (Å²) in [7, 11) is 0. The highest BCUT2D eigenvalue weighted by Crippen LogP contribution is 2.09. The number of carboxylic acid groups (broad SMARTS) is 1. The number of unbranched alkanes of at least 4 members (excludes halogenated alkanes) is 1. The van der Waals surface area contributed by atoms with E-state index >= 15 is 0 Å². The Balaban J connectivity index is 2.55. The van der Waals surface area contributed by atoms with Gasteiger partial charge in [0, 0.05) is 12.1 Å². The maximum absolute atomic E-state index is 11.4. The van der Waals surface area contributed by atoms with Crippen molar-refractivity contribution >= 4 is 34.9 Å². The molecule has 0 aliphatic carbocycles. The standard InChI is InChI=1S/C13H16N2O3S/c1-2-3-7-11(16)15-13(19)14-10-6-4-5-9(8-10)12(17)18/h4-6,8H,2-3,7H2,1H3,(H,17,18)(H2,14,15,16,19)/p-1. The second-order valence-corrected chi connectivity index (χ2v) is 4.38. The second-order valence-electron chi connectivity index (χ2n) is 3.97. The number of carbonyl (C=O) groups is 2. The largest absolute Gasteiger partial charge is 0.545 e. The molecule has 0 aliphatic rings. The fourth-order valence-electron chi connectivity index (χ4n) is 1.41. The number of carboxylic acids is 1. The lowest BCUT2D eigenvalue weighted by atomic mass is 10.2. The first-order chi connectivity index (χ1) is 9.02.